The largest absolute Gasteiger partial charge is 0.342 e. The molecule has 1 aliphatic heterocycles. The molecule has 1 atom stereocenters. The SMILES string of the molecule is CC(=N[S@](=O)C(C)(C)C)c1cccc2c1nc(N1CCCCC1)n1cnnc21. The highest BCUT2D eigenvalue weighted by molar-refractivity contribution is 7.85. The predicted octanol–water partition coefficient (Wildman–Crippen LogP) is 3.54. The molecule has 1 saturated heterocycles. The Kier molecular flexibility index (Phi) is 4.91. The third-order valence-corrected chi connectivity index (χ3v) is 6.51. The quantitative estimate of drug-likeness (QED) is 0.631. The summed E-state index contributed by atoms with van der Waals surface area (Å²) in [5.74, 6) is 0.865. The molecule has 0 unspecified atom stereocenters. The van der Waals surface area contributed by atoms with Crippen molar-refractivity contribution in [3.8, 4) is 0 Å². The van der Waals surface area contributed by atoms with Gasteiger partial charge in [0.25, 0.3) is 0 Å². The number of piperidine rings is 1. The Balaban J connectivity index is 1.91. The minimum absolute atomic E-state index is 0.404. The first-order valence-corrected chi connectivity index (χ1v) is 10.8. The van der Waals surface area contributed by atoms with Gasteiger partial charge in [-0.05, 0) is 53.0 Å². The highest BCUT2D eigenvalue weighted by atomic mass is 32.2. The van der Waals surface area contributed by atoms with E-state index in [0.29, 0.717) is 0 Å². The van der Waals surface area contributed by atoms with Crippen molar-refractivity contribution in [1.29, 1.82) is 0 Å². The van der Waals surface area contributed by atoms with Gasteiger partial charge in [-0.3, -0.25) is 4.40 Å². The molecule has 2 aromatic heterocycles. The summed E-state index contributed by atoms with van der Waals surface area (Å²) in [7, 11) is -1.32. The van der Waals surface area contributed by atoms with E-state index in [0.717, 1.165) is 59.7 Å². The van der Waals surface area contributed by atoms with Crippen molar-refractivity contribution in [3.05, 3.63) is 30.1 Å². The van der Waals surface area contributed by atoms with Crippen molar-refractivity contribution in [3.63, 3.8) is 0 Å². The van der Waals surface area contributed by atoms with Crippen molar-refractivity contribution in [2.75, 3.05) is 18.0 Å². The van der Waals surface area contributed by atoms with Gasteiger partial charge < -0.3 is 4.90 Å². The molecule has 28 heavy (non-hydrogen) atoms. The maximum atomic E-state index is 12.5. The van der Waals surface area contributed by atoms with Crippen LogP contribution in [0.25, 0.3) is 16.6 Å². The summed E-state index contributed by atoms with van der Waals surface area (Å²) in [5.41, 5.74) is 3.23. The molecule has 148 valence electrons. The summed E-state index contributed by atoms with van der Waals surface area (Å²) in [4.78, 5) is 7.32. The normalized spacial score (nSPS) is 17.4. The van der Waals surface area contributed by atoms with Crippen LogP contribution in [0.4, 0.5) is 5.95 Å². The maximum Gasteiger partial charge on any atom is 0.213 e. The molecule has 1 aliphatic rings. The Hall–Kier alpha value is -2.35. The van der Waals surface area contributed by atoms with Gasteiger partial charge in [0, 0.05) is 24.0 Å². The number of aromatic nitrogens is 4. The van der Waals surface area contributed by atoms with E-state index in [2.05, 4.69) is 19.5 Å². The van der Waals surface area contributed by atoms with E-state index in [1.54, 1.807) is 6.33 Å². The molecule has 3 aromatic rings. The van der Waals surface area contributed by atoms with Gasteiger partial charge in [-0.15, -0.1) is 10.2 Å². The van der Waals surface area contributed by atoms with Gasteiger partial charge in [-0.1, -0.05) is 12.1 Å². The number of para-hydroxylation sites is 1. The highest BCUT2D eigenvalue weighted by Crippen LogP contribution is 2.27. The minimum atomic E-state index is -1.32. The molecule has 0 N–H and O–H groups in total. The molecule has 0 aliphatic carbocycles. The Morgan fingerprint density at radius 2 is 1.93 bits per heavy atom. The molecule has 8 heteroatoms. The van der Waals surface area contributed by atoms with Crippen LogP contribution in [0.1, 0.15) is 52.5 Å². The van der Waals surface area contributed by atoms with E-state index < -0.39 is 15.7 Å². The lowest BCUT2D eigenvalue weighted by Crippen LogP contribution is -2.32. The van der Waals surface area contributed by atoms with Crippen molar-refractivity contribution < 1.29 is 4.21 Å². The second kappa shape index (κ2) is 7.24. The number of fused-ring (bicyclic) bond motifs is 3. The van der Waals surface area contributed by atoms with E-state index in [-0.39, 0.29) is 0 Å². The number of rotatable bonds is 3. The van der Waals surface area contributed by atoms with Gasteiger partial charge in [0.15, 0.2) is 5.65 Å². The van der Waals surface area contributed by atoms with E-state index in [1.807, 2.05) is 50.3 Å². The van der Waals surface area contributed by atoms with Gasteiger partial charge in [0.1, 0.15) is 17.3 Å². The molecule has 0 amide bonds. The van der Waals surface area contributed by atoms with Crippen molar-refractivity contribution in [1.82, 2.24) is 19.6 Å². The first-order chi connectivity index (χ1) is 13.4. The molecular formula is C20H26N6OS. The smallest absolute Gasteiger partial charge is 0.213 e. The summed E-state index contributed by atoms with van der Waals surface area (Å²) in [6, 6.07) is 5.96. The summed E-state index contributed by atoms with van der Waals surface area (Å²) in [6.07, 6.45) is 5.31. The van der Waals surface area contributed by atoms with Gasteiger partial charge in [0.2, 0.25) is 5.95 Å². The Labute approximate surface area is 167 Å². The second-order valence-electron chi connectivity index (χ2n) is 8.22. The minimum Gasteiger partial charge on any atom is -0.342 e. The summed E-state index contributed by atoms with van der Waals surface area (Å²) in [6.45, 7) is 9.64. The second-order valence-corrected chi connectivity index (χ2v) is 10.1. The third kappa shape index (κ3) is 3.41. The van der Waals surface area contributed by atoms with Crippen molar-refractivity contribution in [2.45, 2.75) is 51.7 Å². The van der Waals surface area contributed by atoms with Crippen molar-refractivity contribution >= 4 is 39.2 Å². The molecule has 1 aromatic carbocycles. The first kappa shape index (κ1) is 19.0. The molecule has 0 spiro atoms. The predicted molar refractivity (Wildman–Crippen MR) is 114 cm³/mol. The standard InChI is InChI=1S/C20H26N6OS/c1-14(24-28(27)20(2,3)4)15-9-8-10-16-17(15)22-19(25-11-6-5-7-12-25)26-13-21-23-18(16)26/h8-10,13H,5-7,11-12H2,1-4H3/t28-/m1/s1. The molecule has 0 saturated carbocycles. The zero-order valence-corrected chi connectivity index (χ0v) is 17.7. The molecule has 0 bridgehead atoms. The molecule has 0 radical (unpaired) electrons. The average Bonchev–Trinajstić information content (AvgIpc) is 3.17. The van der Waals surface area contributed by atoms with Crippen LogP contribution < -0.4 is 4.90 Å². The highest BCUT2D eigenvalue weighted by Gasteiger charge is 2.22. The fraction of sp³-hybridized carbons (Fsp3) is 0.500. The van der Waals surface area contributed by atoms with Crippen LogP contribution in [0.5, 0.6) is 0 Å². The Morgan fingerprint density at radius 3 is 2.64 bits per heavy atom. The molecular weight excluding hydrogens is 372 g/mol. The number of anilines is 1. The Bertz CT molecular complexity index is 1080. The molecule has 7 nitrogen and oxygen atoms in total. The lowest BCUT2D eigenvalue weighted by Gasteiger charge is -2.28. The zero-order valence-electron chi connectivity index (χ0n) is 16.8. The Morgan fingerprint density at radius 1 is 1.18 bits per heavy atom. The molecule has 1 fully saturated rings. The monoisotopic (exact) mass is 398 g/mol. The van der Waals surface area contributed by atoms with Crippen molar-refractivity contribution in [2.24, 2.45) is 4.40 Å². The van der Waals surface area contributed by atoms with Crippen LogP contribution in [-0.2, 0) is 11.0 Å². The van der Waals surface area contributed by atoms with Crippen LogP contribution in [-0.4, -0.2) is 47.3 Å². The van der Waals surface area contributed by atoms with Gasteiger partial charge in [-0.25, -0.2) is 9.19 Å². The first-order valence-electron chi connectivity index (χ1n) is 9.71. The van der Waals surface area contributed by atoms with Crippen LogP contribution in [0, 0.1) is 0 Å². The van der Waals surface area contributed by atoms with Gasteiger partial charge >= 0.3 is 0 Å². The number of hydrogen-bond acceptors (Lipinski definition) is 5. The van der Waals surface area contributed by atoms with Gasteiger partial charge in [-0.2, -0.15) is 4.40 Å². The van der Waals surface area contributed by atoms with Crippen LogP contribution in [0.2, 0.25) is 0 Å². The van der Waals surface area contributed by atoms with E-state index >= 15 is 0 Å². The van der Waals surface area contributed by atoms with Crippen LogP contribution >= 0.6 is 0 Å². The lowest BCUT2D eigenvalue weighted by atomic mass is 10.1. The average molecular weight is 399 g/mol. The summed E-state index contributed by atoms with van der Waals surface area (Å²) >= 11 is 0. The lowest BCUT2D eigenvalue weighted by molar-refractivity contribution is 0.567. The molecule has 3 heterocycles. The maximum absolute atomic E-state index is 12.5. The number of hydrogen-bond donors (Lipinski definition) is 0. The third-order valence-electron chi connectivity index (χ3n) is 5.02. The number of benzene rings is 1. The van der Waals surface area contributed by atoms with E-state index in [1.165, 1.54) is 6.42 Å². The summed E-state index contributed by atoms with van der Waals surface area (Å²) in [5, 5.41) is 9.40. The van der Waals surface area contributed by atoms with Crippen LogP contribution in [0.15, 0.2) is 28.9 Å². The fourth-order valence-electron chi connectivity index (χ4n) is 3.48. The van der Waals surface area contributed by atoms with Crippen LogP contribution in [0.3, 0.4) is 0 Å². The molecule has 4 rings (SSSR count). The number of nitrogens with zero attached hydrogens (tertiary/aromatic N) is 6. The van der Waals surface area contributed by atoms with E-state index in [9.17, 15) is 4.21 Å². The fourth-order valence-corrected chi connectivity index (χ4v) is 4.10. The van der Waals surface area contributed by atoms with E-state index in [4.69, 9.17) is 4.98 Å². The topological polar surface area (TPSA) is 75.8 Å². The zero-order chi connectivity index (χ0) is 19.9. The van der Waals surface area contributed by atoms with Gasteiger partial charge in [0.05, 0.1) is 16.0 Å². The summed E-state index contributed by atoms with van der Waals surface area (Å²) < 4.78 is 18.6.